The van der Waals surface area contributed by atoms with E-state index in [0.29, 0.717) is 6.54 Å². The summed E-state index contributed by atoms with van der Waals surface area (Å²) in [6.45, 7) is 4.69. The highest BCUT2D eigenvalue weighted by atomic mass is 15.0. The minimum atomic E-state index is 0.476. The van der Waals surface area contributed by atoms with Crippen molar-refractivity contribution in [1.82, 2.24) is 9.55 Å². The molecule has 0 aliphatic rings. The Balaban J connectivity index is 2.66. The van der Waals surface area contributed by atoms with Gasteiger partial charge in [-0.2, -0.15) is 0 Å². The lowest BCUT2D eigenvalue weighted by atomic mass is 10.0. The van der Waals surface area contributed by atoms with Gasteiger partial charge in [0.05, 0.1) is 17.7 Å². The summed E-state index contributed by atoms with van der Waals surface area (Å²) in [7, 11) is 2.00. The van der Waals surface area contributed by atoms with Crippen molar-refractivity contribution in [3.05, 3.63) is 41.3 Å². The molecule has 3 nitrogen and oxygen atoms in total. The molecule has 0 spiro atoms. The monoisotopic (exact) mass is 215 g/mol. The molecule has 1 aromatic carbocycles. The summed E-state index contributed by atoms with van der Waals surface area (Å²) in [5.74, 6) is 0. The second kappa shape index (κ2) is 4.10. The van der Waals surface area contributed by atoms with Gasteiger partial charge in [0.1, 0.15) is 0 Å². The molecular weight excluding hydrogens is 198 g/mol. The average Bonchev–Trinajstić information content (AvgIpc) is 2.63. The topological polar surface area (TPSA) is 43.8 Å². The van der Waals surface area contributed by atoms with Gasteiger partial charge in [-0.15, -0.1) is 0 Å². The highest BCUT2D eigenvalue weighted by molar-refractivity contribution is 5.67. The third-order valence-corrected chi connectivity index (χ3v) is 2.85. The Labute approximate surface area is 95.9 Å². The summed E-state index contributed by atoms with van der Waals surface area (Å²) in [6.07, 6.45) is 1.82. The minimum absolute atomic E-state index is 0.476. The zero-order valence-corrected chi connectivity index (χ0v) is 9.99. The van der Waals surface area contributed by atoms with Crippen molar-refractivity contribution in [3.8, 4) is 11.3 Å². The Morgan fingerprint density at radius 1 is 1.31 bits per heavy atom. The summed E-state index contributed by atoms with van der Waals surface area (Å²) in [4.78, 5) is 4.32. The first kappa shape index (κ1) is 10.9. The van der Waals surface area contributed by atoms with E-state index in [-0.39, 0.29) is 0 Å². The normalized spacial score (nSPS) is 10.8. The molecule has 2 rings (SSSR count). The maximum atomic E-state index is 5.71. The minimum Gasteiger partial charge on any atom is -0.333 e. The van der Waals surface area contributed by atoms with Crippen LogP contribution in [0.1, 0.15) is 16.8 Å². The van der Waals surface area contributed by atoms with Gasteiger partial charge in [0.15, 0.2) is 0 Å². The molecule has 1 aromatic heterocycles. The zero-order chi connectivity index (χ0) is 11.7. The largest absolute Gasteiger partial charge is 0.333 e. The van der Waals surface area contributed by atoms with E-state index < -0.39 is 0 Å². The third-order valence-electron chi connectivity index (χ3n) is 2.85. The number of hydrogen-bond donors (Lipinski definition) is 1. The number of hydrogen-bond acceptors (Lipinski definition) is 2. The molecular formula is C13H17N3. The molecule has 2 N–H and O–H groups in total. The maximum absolute atomic E-state index is 5.71. The smallest absolute Gasteiger partial charge is 0.0952 e. The van der Waals surface area contributed by atoms with Gasteiger partial charge in [-0.25, -0.2) is 4.98 Å². The summed E-state index contributed by atoms with van der Waals surface area (Å²) in [5.41, 5.74) is 11.5. The summed E-state index contributed by atoms with van der Waals surface area (Å²) in [5, 5.41) is 0. The highest BCUT2D eigenvalue weighted by Gasteiger charge is 2.11. The van der Waals surface area contributed by atoms with Gasteiger partial charge in [0.2, 0.25) is 0 Å². The van der Waals surface area contributed by atoms with E-state index in [2.05, 4.69) is 37.0 Å². The number of aryl methyl sites for hydroxylation is 3. The maximum Gasteiger partial charge on any atom is 0.0952 e. The first-order valence-electron chi connectivity index (χ1n) is 5.41. The molecule has 0 aliphatic heterocycles. The van der Waals surface area contributed by atoms with Crippen LogP contribution in [0.4, 0.5) is 0 Å². The van der Waals surface area contributed by atoms with E-state index in [9.17, 15) is 0 Å². The molecule has 0 amide bonds. The number of imidazole rings is 1. The lowest BCUT2D eigenvalue weighted by Gasteiger charge is -2.09. The fourth-order valence-electron chi connectivity index (χ4n) is 1.96. The highest BCUT2D eigenvalue weighted by Crippen LogP contribution is 2.26. The van der Waals surface area contributed by atoms with E-state index >= 15 is 0 Å². The van der Waals surface area contributed by atoms with Crippen LogP contribution in [0.2, 0.25) is 0 Å². The summed E-state index contributed by atoms with van der Waals surface area (Å²) < 4.78 is 2.03. The van der Waals surface area contributed by atoms with Crippen LogP contribution in [0.3, 0.4) is 0 Å². The van der Waals surface area contributed by atoms with E-state index in [1.807, 2.05) is 17.9 Å². The number of rotatable bonds is 2. The van der Waals surface area contributed by atoms with Crippen LogP contribution >= 0.6 is 0 Å². The van der Waals surface area contributed by atoms with Crippen LogP contribution in [-0.4, -0.2) is 9.55 Å². The predicted molar refractivity (Wildman–Crippen MR) is 66.0 cm³/mol. The van der Waals surface area contributed by atoms with Gasteiger partial charge >= 0.3 is 0 Å². The molecule has 0 fully saturated rings. The van der Waals surface area contributed by atoms with Crippen molar-refractivity contribution in [3.63, 3.8) is 0 Å². The van der Waals surface area contributed by atoms with Gasteiger partial charge < -0.3 is 10.3 Å². The summed E-state index contributed by atoms with van der Waals surface area (Å²) in [6, 6.07) is 6.45. The fraction of sp³-hybridized carbons (Fsp3) is 0.308. The molecule has 0 saturated heterocycles. The van der Waals surface area contributed by atoms with Crippen LogP contribution in [0.25, 0.3) is 11.3 Å². The molecule has 1 heterocycles. The van der Waals surface area contributed by atoms with Crippen LogP contribution in [0.5, 0.6) is 0 Å². The molecule has 0 bridgehead atoms. The molecule has 0 unspecified atom stereocenters. The Morgan fingerprint density at radius 2 is 2.06 bits per heavy atom. The van der Waals surface area contributed by atoms with Crippen LogP contribution in [0, 0.1) is 13.8 Å². The van der Waals surface area contributed by atoms with Crippen molar-refractivity contribution in [1.29, 1.82) is 0 Å². The molecule has 84 valence electrons. The van der Waals surface area contributed by atoms with E-state index in [1.165, 1.54) is 16.7 Å². The Bertz CT molecular complexity index is 512. The molecule has 0 radical (unpaired) electrons. The second-order valence-electron chi connectivity index (χ2n) is 4.17. The molecule has 3 heteroatoms. The fourth-order valence-corrected chi connectivity index (χ4v) is 1.96. The summed E-state index contributed by atoms with van der Waals surface area (Å²) >= 11 is 0. The molecule has 0 atom stereocenters. The number of nitrogens with two attached hydrogens (primary N) is 1. The number of aromatic nitrogens is 2. The van der Waals surface area contributed by atoms with Gasteiger partial charge in [-0.1, -0.05) is 17.7 Å². The Kier molecular flexibility index (Phi) is 2.79. The molecule has 2 aromatic rings. The van der Waals surface area contributed by atoms with Crippen LogP contribution < -0.4 is 5.73 Å². The molecule has 0 aliphatic carbocycles. The van der Waals surface area contributed by atoms with Crippen molar-refractivity contribution in [2.45, 2.75) is 20.4 Å². The standard InChI is InChI=1S/C13H17N3/c1-9-4-5-10(2)11(6-9)13-12(7-14)15-8-16(13)3/h4-6,8H,7,14H2,1-3H3. The van der Waals surface area contributed by atoms with E-state index in [4.69, 9.17) is 5.73 Å². The number of nitrogens with zero attached hydrogens (tertiary/aromatic N) is 2. The van der Waals surface area contributed by atoms with Crippen LogP contribution in [0.15, 0.2) is 24.5 Å². The van der Waals surface area contributed by atoms with E-state index in [0.717, 1.165) is 11.4 Å². The third kappa shape index (κ3) is 1.74. The van der Waals surface area contributed by atoms with Gasteiger partial charge in [-0.3, -0.25) is 0 Å². The Hall–Kier alpha value is -1.61. The van der Waals surface area contributed by atoms with Gasteiger partial charge in [0, 0.05) is 19.2 Å². The zero-order valence-electron chi connectivity index (χ0n) is 9.99. The average molecular weight is 215 g/mol. The lowest BCUT2D eigenvalue weighted by molar-refractivity contribution is 0.919. The molecule has 0 saturated carbocycles. The lowest BCUT2D eigenvalue weighted by Crippen LogP contribution is -2.01. The van der Waals surface area contributed by atoms with E-state index in [1.54, 1.807) is 0 Å². The van der Waals surface area contributed by atoms with Crippen molar-refractivity contribution in [2.24, 2.45) is 12.8 Å². The quantitative estimate of drug-likeness (QED) is 0.834. The van der Waals surface area contributed by atoms with Crippen molar-refractivity contribution < 1.29 is 0 Å². The second-order valence-corrected chi connectivity index (χ2v) is 4.17. The van der Waals surface area contributed by atoms with Crippen LogP contribution in [-0.2, 0) is 13.6 Å². The van der Waals surface area contributed by atoms with Crippen molar-refractivity contribution in [2.75, 3.05) is 0 Å². The first-order valence-corrected chi connectivity index (χ1v) is 5.41. The van der Waals surface area contributed by atoms with Crippen molar-refractivity contribution >= 4 is 0 Å². The van der Waals surface area contributed by atoms with Gasteiger partial charge in [0.25, 0.3) is 0 Å². The molecule has 16 heavy (non-hydrogen) atoms. The Morgan fingerprint density at radius 3 is 2.75 bits per heavy atom. The SMILES string of the molecule is Cc1ccc(C)c(-c2c(CN)ncn2C)c1. The predicted octanol–water partition coefficient (Wildman–Crippen LogP) is 2.16. The first-order chi connectivity index (χ1) is 7.63. The van der Waals surface area contributed by atoms with Gasteiger partial charge in [-0.05, 0) is 25.5 Å². The number of benzene rings is 1.